The van der Waals surface area contributed by atoms with Crippen LogP contribution in [0.1, 0.15) is 11.1 Å². The number of nitrogens with one attached hydrogen (secondary N) is 1. The van der Waals surface area contributed by atoms with Crippen LogP contribution in [0.15, 0.2) is 64.1 Å². The van der Waals surface area contributed by atoms with Gasteiger partial charge in [-0.15, -0.1) is 0 Å². The number of halogens is 1. The molecule has 20 heavy (non-hydrogen) atoms. The van der Waals surface area contributed by atoms with Gasteiger partial charge in [-0.2, -0.15) is 0 Å². The molecule has 0 bridgehead atoms. The maximum atomic E-state index is 4.63. The molecule has 2 rings (SSSR count). The molecule has 1 N–H and O–H groups in total. The summed E-state index contributed by atoms with van der Waals surface area (Å²) in [5.41, 5.74) is 2.45. The Morgan fingerprint density at radius 1 is 1.10 bits per heavy atom. The van der Waals surface area contributed by atoms with Gasteiger partial charge in [0.1, 0.15) is 0 Å². The van der Waals surface area contributed by atoms with Gasteiger partial charge in [0, 0.05) is 11.0 Å². The lowest BCUT2D eigenvalue weighted by atomic mass is 10.2. The van der Waals surface area contributed by atoms with E-state index in [1.165, 1.54) is 11.1 Å². The Morgan fingerprint density at radius 3 is 2.50 bits per heavy atom. The largest absolute Gasteiger partial charge is 0.361 e. The van der Waals surface area contributed by atoms with Crippen molar-refractivity contribution in [1.82, 2.24) is 5.32 Å². The van der Waals surface area contributed by atoms with Gasteiger partial charge in [0.2, 0.25) is 0 Å². The molecule has 0 atom stereocenters. The van der Waals surface area contributed by atoms with Crippen molar-refractivity contribution >= 4 is 32.9 Å². The summed E-state index contributed by atoms with van der Waals surface area (Å²) in [7, 11) is 0. The fraction of sp³-hybridized carbons (Fsp3) is 0.188. The van der Waals surface area contributed by atoms with E-state index >= 15 is 0 Å². The van der Waals surface area contributed by atoms with Crippen LogP contribution in [0.4, 0.5) is 0 Å². The second-order valence-electron chi connectivity index (χ2n) is 4.26. The lowest BCUT2D eigenvalue weighted by Gasteiger charge is -2.08. The first-order chi connectivity index (χ1) is 9.79. The van der Waals surface area contributed by atoms with E-state index in [0.717, 1.165) is 16.2 Å². The number of nitrogens with zero attached hydrogens (tertiary/aromatic N) is 1. The minimum absolute atomic E-state index is 0.680. The molecule has 0 aliphatic heterocycles. The Kier molecular flexibility index (Phi) is 6.15. The van der Waals surface area contributed by atoms with Gasteiger partial charge in [0.25, 0.3) is 0 Å². The quantitative estimate of drug-likeness (QED) is 0.651. The summed E-state index contributed by atoms with van der Waals surface area (Å²) in [5.74, 6) is 0. The number of rotatable bonds is 4. The van der Waals surface area contributed by atoms with Crippen molar-refractivity contribution < 1.29 is 0 Å². The molecule has 0 saturated heterocycles. The second-order valence-corrected chi connectivity index (χ2v) is 5.91. The van der Waals surface area contributed by atoms with E-state index in [0.29, 0.717) is 6.54 Å². The van der Waals surface area contributed by atoms with Crippen molar-refractivity contribution in [3.05, 3.63) is 70.2 Å². The topological polar surface area (TPSA) is 24.4 Å². The highest BCUT2D eigenvalue weighted by Crippen LogP contribution is 2.17. The Labute approximate surface area is 132 Å². The van der Waals surface area contributed by atoms with Gasteiger partial charge in [-0.05, 0) is 23.4 Å². The van der Waals surface area contributed by atoms with Crippen LogP contribution in [-0.2, 0) is 13.1 Å². The molecule has 0 fully saturated rings. The molecule has 0 aliphatic carbocycles. The van der Waals surface area contributed by atoms with E-state index in [9.17, 15) is 0 Å². The van der Waals surface area contributed by atoms with Gasteiger partial charge in [-0.3, -0.25) is 4.99 Å². The normalized spacial score (nSPS) is 11.4. The van der Waals surface area contributed by atoms with Crippen LogP contribution in [0, 0.1) is 0 Å². The summed E-state index contributed by atoms with van der Waals surface area (Å²) in [6.07, 6.45) is 2.04. The zero-order valence-corrected chi connectivity index (χ0v) is 13.7. The molecule has 0 aliphatic rings. The fourth-order valence-electron chi connectivity index (χ4n) is 1.75. The van der Waals surface area contributed by atoms with E-state index in [4.69, 9.17) is 0 Å². The van der Waals surface area contributed by atoms with E-state index in [-0.39, 0.29) is 0 Å². The number of benzene rings is 2. The monoisotopic (exact) mass is 348 g/mol. The first-order valence-corrected chi connectivity index (χ1v) is 8.41. The van der Waals surface area contributed by atoms with Crippen molar-refractivity contribution in [2.24, 2.45) is 4.99 Å². The van der Waals surface area contributed by atoms with Crippen LogP contribution in [0.2, 0.25) is 0 Å². The van der Waals surface area contributed by atoms with E-state index in [1.54, 1.807) is 11.8 Å². The summed E-state index contributed by atoms with van der Waals surface area (Å²) in [6, 6.07) is 18.5. The maximum Gasteiger partial charge on any atom is 0.156 e. The zero-order valence-electron chi connectivity index (χ0n) is 11.3. The second kappa shape index (κ2) is 8.12. The lowest BCUT2D eigenvalue weighted by molar-refractivity contribution is 0.911. The molecular weight excluding hydrogens is 332 g/mol. The average Bonchev–Trinajstić information content (AvgIpc) is 2.50. The first-order valence-electron chi connectivity index (χ1n) is 6.39. The molecule has 0 heterocycles. The Morgan fingerprint density at radius 2 is 1.80 bits per heavy atom. The highest BCUT2D eigenvalue weighted by molar-refractivity contribution is 9.10. The van der Waals surface area contributed by atoms with Crippen LogP contribution in [0.5, 0.6) is 0 Å². The van der Waals surface area contributed by atoms with Gasteiger partial charge >= 0.3 is 0 Å². The number of hydrogen-bond acceptors (Lipinski definition) is 2. The number of thioether (sulfide) groups is 1. The molecule has 0 saturated carbocycles. The lowest BCUT2D eigenvalue weighted by Crippen LogP contribution is -2.19. The van der Waals surface area contributed by atoms with E-state index in [1.807, 2.05) is 42.7 Å². The van der Waals surface area contributed by atoms with Crippen molar-refractivity contribution in [2.45, 2.75) is 13.1 Å². The van der Waals surface area contributed by atoms with Gasteiger partial charge < -0.3 is 5.32 Å². The average molecular weight is 349 g/mol. The van der Waals surface area contributed by atoms with Crippen molar-refractivity contribution in [3.63, 3.8) is 0 Å². The molecule has 0 unspecified atom stereocenters. The molecule has 104 valence electrons. The van der Waals surface area contributed by atoms with Crippen LogP contribution in [-0.4, -0.2) is 11.4 Å². The Bertz CT molecular complexity index is 570. The summed E-state index contributed by atoms with van der Waals surface area (Å²) in [4.78, 5) is 4.63. The van der Waals surface area contributed by atoms with E-state index in [2.05, 4.69) is 44.4 Å². The molecule has 4 heteroatoms. The summed E-state index contributed by atoms with van der Waals surface area (Å²) >= 11 is 5.19. The molecule has 2 aromatic rings. The van der Waals surface area contributed by atoms with Crippen molar-refractivity contribution in [1.29, 1.82) is 0 Å². The molecular formula is C16H17BrN2S. The van der Waals surface area contributed by atoms with Crippen LogP contribution in [0.3, 0.4) is 0 Å². The summed E-state index contributed by atoms with van der Waals surface area (Å²) in [6.45, 7) is 1.48. The van der Waals surface area contributed by atoms with Crippen molar-refractivity contribution in [3.8, 4) is 0 Å². The van der Waals surface area contributed by atoms with Gasteiger partial charge in [-0.25, -0.2) is 0 Å². The third-order valence-electron chi connectivity index (χ3n) is 2.83. The van der Waals surface area contributed by atoms with Gasteiger partial charge in [0.15, 0.2) is 5.17 Å². The summed E-state index contributed by atoms with van der Waals surface area (Å²) < 4.78 is 1.10. The molecule has 0 spiro atoms. The smallest absolute Gasteiger partial charge is 0.156 e. The van der Waals surface area contributed by atoms with Gasteiger partial charge in [0.05, 0.1) is 6.54 Å². The zero-order chi connectivity index (χ0) is 14.2. The number of amidine groups is 1. The summed E-state index contributed by atoms with van der Waals surface area (Å²) in [5, 5.41) is 4.34. The molecule has 0 radical (unpaired) electrons. The minimum Gasteiger partial charge on any atom is -0.361 e. The van der Waals surface area contributed by atoms with Crippen LogP contribution < -0.4 is 5.32 Å². The first kappa shape index (κ1) is 15.1. The fourth-order valence-corrected chi connectivity index (χ4v) is 2.57. The third kappa shape index (κ3) is 4.69. The Hall–Kier alpha value is -1.26. The third-order valence-corrected chi connectivity index (χ3v) is 4.26. The van der Waals surface area contributed by atoms with Gasteiger partial charge in [-0.1, -0.05) is 76.2 Å². The predicted molar refractivity (Wildman–Crippen MR) is 92.1 cm³/mol. The molecule has 2 nitrogen and oxygen atoms in total. The SMILES string of the molecule is CS/C(=N\Cc1ccccc1Br)NCc1ccccc1. The van der Waals surface area contributed by atoms with E-state index < -0.39 is 0 Å². The molecule has 2 aromatic carbocycles. The Balaban J connectivity index is 1.94. The predicted octanol–water partition coefficient (Wildman–Crippen LogP) is 4.46. The van der Waals surface area contributed by atoms with Crippen LogP contribution >= 0.6 is 27.7 Å². The molecule has 0 amide bonds. The standard InChI is InChI=1S/C16H17BrN2S/c1-20-16(18-11-13-7-3-2-4-8-13)19-12-14-9-5-6-10-15(14)17/h2-10H,11-12H2,1H3,(H,18,19). The molecule has 0 aromatic heterocycles. The maximum absolute atomic E-state index is 4.63. The van der Waals surface area contributed by atoms with Crippen LogP contribution in [0.25, 0.3) is 0 Å². The highest BCUT2D eigenvalue weighted by atomic mass is 79.9. The highest BCUT2D eigenvalue weighted by Gasteiger charge is 2.00. The minimum atomic E-state index is 0.680. The number of aliphatic imine (C=N–C) groups is 1. The van der Waals surface area contributed by atoms with Crippen molar-refractivity contribution in [2.75, 3.05) is 6.26 Å². The number of hydrogen-bond donors (Lipinski definition) is 1.